The summed E-state index contributed by atoms with van der Waals surface area (Å²) in [7, 11) is -3.91. The molecule has 1 aromatic rings. The van der Waals surface area contributed by atoms with Gasteiger partial charge in [-0.3, -0.25) is 10.1 Å². The molecule has 0 bridgehead atoms. The lowest BCUT2D eigenvalue weighted by molar-refractivity contribution is -0.384. The maximum atomic E-state index is 12.2. The standard InChI is InChI=1S/C12H15N3O4S/c1-9(2)12(3,8-13)14-20(18,19)11-6-4-10(5-7-11)15(16)17/h4-7,9,14H,1-3H3/t12-/m1/s1. The smallest absolute Gasteiger partial charge is 0.258 e. The van der Waals surface area contributed by atoms with E-state index in [4.69, 9.17) is 5.26 Å². The van der Waals surface area contributed by atoms with Crippen LogP contribution in [0.5, 0.6) is 0 Å². The number of non-ortho nitro benzene ring substituents is 1. The molecule has 20 heavy (non-hydrogen) atoms. The normalized spacial score (nSPS) is 14.6. The van der Waals surface area contributed by atoms with Gasteiger partial charge < -0.3 is 0 Å². The molecule has 0 amide bonds. The Hall–Kier alpha value is -1.98. The lowest BCUT2D eigenvalue weighted by Gasteiger charge is -2.26. The van der Waals surface area contributed by atoms with Crippen molar-refractivity contribution in [1.29, 1.82) is 5.26 Å². The number of nitrogens with one attached hydrogen (secondary N) is 1. The molecular formula is C12H15N3O4S. The minimum Gasteiger partial charge on any atom is -0.258 e. The zero-order chi connectivity index (χ0) is 15.6. The second-order valence-corrected chi connectivity index (χ2v) is 6.51. The number of hydrogen-bond donors (Lipinski definition) is 1. The zero-order valence-electron chi connectivity index (χ0n) is 11.3. The van der Waals surface area contributed by atoms with Crippen molar-refractivity contribution in [2.75, 3.05) is 0 Å². The van der Waals surface area contributed by atoms with Gasteiger partial charge in [-0.2, -0.15) is 9.98 Å². The van der Waals surface area contributed by atoms with E-state index >= 15 is 0 Å². The lowest BCUT2D eigenvalue weighted by Crippen LogP contribution is -2.48. The van der Waals surface area contributed by atoms with E-state index in [0.29, 0.717) is 0 Å². The molecule has 0 heterocycles. The molecule has 0 saturated carbocycles. The largest absolute Gasteiger partial charge is 0.269 e. The van der Waals surface area contributed by atoms with Gasteiger partial charge in [0.1, 0.15) is 5.54 Å². The van der Waals surface area contributed by atoms with Gasteiger partial charge in [-0.1, -0.05) is 13.8 Å². The average Bonchev–Trinajstić information content (AvgIpc) is 2.38. The number of benzene rings is 1. The molecule has 0 aliphatic carbocycles. The molecular weight excluding hydrogens is 282 g/mol. The van der Waals surface area contributed by atoms with E-state index in [2.05, 4.69) is 4.72 Å². The predicted molar refractivity (Wildman–Crippen MR) is 72.3 cm³/mol. The Balaban J connectivity index is 3.12. The van der Waals surface area contributed by atoms with E-state index < -0.39 is 20.5 Å². The maximum absolute atomic E-state index is 12.2. The zero-order valence-corrected chi connectivity index (χ0v) is 12.1. The molecule has 1 atom stereocenters. The van der Waals surface area contributed by atoms with Crippen LogP contribution in [0, 0.1) is 27.4 Å². The first kappa shape index (κ1) is 16.1. The molecule has 108 valence electrons. The fourth-order valence-corrected chi connectivity index (χ4v) is 2.81. The third-order valence-corrected chi connectivity index (χ3v) is 4.68. The van der Waals surface area contributed by atoms with Crippen molar-refractivity contribution in [3.63, 3.8) is 0 Å². The Kier molecular flexibility index (Phi) is 4.47. The van der Waals surface area contributed by atoms with Crippen LogP contribution in [0.4, 0.5) is 5.69 Å². The molecule has 0 saturated heterocycles. The Labute approximate surface area is 117 Å². The first-order valence-corrected chi connectivity index (χ1v) is 7.30. The highest BCUT2D eigenvalue weighted by Gasteiger charge is 2.33. The molecule has 1 rings (SSSR count). The quantitative estimate of drug-likeness (QED) is 0.657. The van der Waals surface area contributed by atoms with Crippen molar-refractivity contribution >= 4 is 15.7 Å². The summed E-state index contributed by atoms with van der Waals surface area (Å²) in [6.07, 6.45) is 0. The summed E-state index contributed by atoms with van der Waals surface area (Å²) in [5.74, 6) is -0.236. The van der Waals surface area contributed by atoms with Gasteiger partial charge in [0.05, 0.1) is 15.9 Å². The van der Waals surface area contributed by atoms with Gasteiger partial charge in [0.2, 0.25) is 10.0 Å². The SMILES string of the molecule is CC(C)[C@@](C)(C#N)NS(=O)(=O)c1ccc([N+](=O)[O-])cc1. The summed E-state index contributed by atoms with van der Waals surface area (Å²) < 4.78 is 26.6. The van der Waals surface area contributed by atoms with Crippen LogP contribution >= 0.6 is 0 Å². The summed E-state index contributed by atoms with van der Waals surface area (Å²) in [5.41, 5.74) is -1.45. The molecule has 1 N–H and O–H groups in total. The van der Waals surface area contributed by atoms with E-state index in [1.165, 1.54) is 6.92 Å². The van der Waals surface area contributed by atoms with Crippen LogP contribution in [0.15, 0.2) is 29.2 Å². The number of nitriles is 1. The second kappa shape index (κ2) is 5.56. The van der Waals surface area contributed by atoms with Crippen LogP contribution in [0.2, 0.25) is 0 Å². The molecule has 0 aliphatic rings. The van der Waals surface area contributed by atoms with Gasteiger partial charge in [0, 0.05) is 12.1 Å². The predicted octanol–water partition coefficient (Wildman–Crippen LogP) is 1.81. The Bertz CT molecular complexity index is 646. The van der Waals surface area contributed by atoms with Crippen molar-refractivity contribution in [2.24, 2.45) is 5.92 Å². The van der Waals surface area contributed by atoms with Crippen molar-refractivity contribution < 1.29 is 13.3 Å². The van der Waals surface area contributed by atoms with Crippen molar-refractivity contribution in [2.45, 2.75) is 31.2 Å². The summed E-state index contributed by atoms with van der Waals surface area (Å²) in [6, 6.07) is 6.42. The van der Waals surface area contributed by atoms with Crippen LogP contribution in [-0.2, 0) is 10.0 Å². The van der Waals surface area contributed by atoms with E-state index in [-0.39, 0.29) is 16.5 Å². The van der Waals surface area contributed by atoms with E-state index in [9.17, 15) is 18.5 Å². The third-order valence-electron chi connectivity index (χ3n) is 3.09. The highest BCUT2D eigenvalue weighted by atomic mass is 32.2. The highest BCUT2D eigenvalue weighted by Crippen LogP contribution is 2.21. The maximum Gasteiger partial charge on any atom is 0.269 e. The molecule has 0 aromatic heterocycles. The average molecular weight is 297 g/mol. The van der Waals surface area contributed by atoms with E-state index in [1.54, 1.807) is 13.8 Å². The molecule has 0 fully saturated rings. The molecule has 0 unspecified atom stereocenters. The highest BCUT2D eigenvalue weighted by molar-refractivity contribution is 7.89. The molecule has 0 radical (unpaired) electrons. The van der Waals surface area contributed by atoms with Gasteiger partial charge in [-0.25, -0.2) is 8.42 Å². The number of nitro groups is 1. The molecule has 0 aliphatic heterocycles. The number of rotatable bonds is 5. The molecule has 0 spiro atoms. The van der Waals surface area contributed by atoms with Crippen LogP contribution < -0.4 is 4.72 Å². The van der Waals surface area contributed by atoms with Crippen molar-refractivity contribution in [1.82, 2.24) is 4.72 Å². The fraction of sp³-hybridized carbons (Fsp3) is 0.417. The van der Waals surface area contributed by atoms with Crippen LogP contribution in [0.25, 0.3) is 0 Å². The number of hydrogen-bond acceptors (Lipinski definition) is 5. The van der Waals surface area contributed by atoms with Gasteiger partial charge in [-0.15, -0.1) is 0 Å². The van der Waals surface area contributed by atoms with E-state index in [1.807, 2.05) is 6.07 Å². The Morgan fingerprint density at radius 1 is 1.35 bits per heavy atom. The Morgan fingerprint density at radius 3 is 2.20 bits per heavy atom. The number of nitrogens with zero attached hydrogens (tertiary/aromatic N) is 2. The van der Waals surface area contributed by atoms with Crippen LogP contribution in [0.1, 0.15) is 20.8 Å². The van der Waals surface area contributed by atoms with Crippen LogP contribution in [0.3, 0.4) is 0 Å². The summed E-state index contributed by atoms with van der Waals surface area (Å²) >= 11 is 0. The first-order valence-electron chi connectivity index (χ1n) is 5.82. The fourth-order valence-electron chi connectivity index (χ4n) is 1.35. The molecule has 8 heteroatoms. The summed E-state index contributed by atoms with van der Waals surface area (Å²) in [6.45, 7) is 4.93. The van der Waals surface area contributed by atoms with Gasteiger partial charge in [0.25, 0.3) is 5.69 Å². The van der Waals surface area contributed by atoms with Gasteiger partial charge in [0.15, 0.2) is 0 Å². The number of nitro benzene ring substituents is 1. The third kappa shape index (κ3) is 3.31. The van der Waals surface area contributed by atoms with E-state index in [0.717, 1.165) is 24.3 Å². The second-order valence-electron chi connectivity index (χ2n) is 4.83. The topological polar surface area (TPSA) is 113 Å². The Morgan fingerprint density at radius 2 is 1.85 bits per heavy atom. The van der Waals surface area contributed by atoms with Gasteiger partial charge in [-0.05, 0) is 25.0 Å². The first-order chi connectivity index (χ1) is 9.12. The minimum atomic E-state index is -3.91. The number of sulfonamides is 1. The molecule has 7 nitrogen and oxygen atoms in total. The van der Waals surface area contributed by atoms with Gasteiger partial charge >= 0.3 is 0 Å². The minimum absolute atomic E-state index is 0.120. The van der Waals surface area contributed by atoms with Crippen molar-refractivity contribution in [3.8, 4) is 6.07 Å². The molecule has 1 aromatic carbocycles. The van der Waals surface area contributed by atoms with Crippen molar-refractivity contribution in [3.05, 3.63) is 34.4 Å². The summed E-state index contributed by atoms with van der Waals surface area (Å²) in [5, 5.41) is 19.6. The summed E-state index contributed by atoms with van der Waals surface area (Å²) in [4.78, 5) is 9.79. The van der Waals surface area contributed by atoms with Crippen LogP contribution in [-0.4, -0.2) is 18.9 Å². The monoisotopic (exact) mass is 297 g/mol. The lowest BCUT2D eigenvalue weighted by atomic mass is 9.92.